The lowest BCUT2D eigenvalue weighted by Crippen LogP contribution is -2.15. The predicted molar refractivity (Wildman–Crippen MR) is 49.9 cm³/mol. The normalized spacial score (nSPS) is 13.3. The first-order valence-corrected chi connectivity index (χ1v) is 4.34. The molecule has 0 radical (unpaired) electrons. The van der Waals surface area contributed by atoms with Gasteiger partial charge in [-0.25, -0.2) is 0 Å². The van der Waals surface area contributed by atoms with E-state index in [4.69, 9.17) is 5.73 Å². The maximum absolute atomic E-state index is 5.66. The Morgan fingerprint density at radius 1 is 1.67 bits per heavy atom. The smallest absolute Gasteiger partial charge is 0.0654 e. The molecule has 0 aliphatic carbocycles. The Kier molecular flexibility index (Phi) is 2.87. The van der Waals surface area contributed by atoms with Crippen LogP contribution >= 0.6 is 0 Å². The topological polar surface area (TPSA) is 43.8 Å². The summed E-state index contributed by atoms with van der Waals surface area (Å²) in [4.78, 5) is 0. The second-order valence-electron chi connectivity index (χ2n) is 3.45. The molecular weight excluding hydrogens is 150 g/mol. The van der Waals surface area contributed by atoms with Crippen molar-refractivity contribution in [1.29, 1.82) is 0 Å². The summed E-state index contributed by atoms with van der Waals surface area (Å²) in [6.45, 7) is 4.11. The third-order valence-corrected chi connectivity index (χ3v) is 1.95. The van der Waals surface area contributed by atoms with Crippen LogP contribution in [0.25, 0.3) is 0 Å². The van der Waals surface area contributed by atoms with Crippen LogP contribution in [0.15, 0.2) is 6.20 Å². The summed E-state index contributed by atoms with van der Waals surface area (Å²) in [6.07, 6.45) is 4.04. The summed E-state index contributed by atoms with van der Waals surface area (Å²) in [6, 6.07) is 0.270. The van der Waals surface area contributed by atoms with Gasteiger partial charge < -0.3 is 5.73 Å². The quantitative estimate of drug-likeness (QED) is 0.730. The lowest BCUT2D eigenvalue weighted by molar-refractivity contribution is 0.644. The van der Waals surface area contributed by atoms with Crippen molar-refractivity contribution in [3.05, 3.63) is 17.5 Å². The molecule has 0 bridgehead atoms. The Bertz CT molecular complexity index is 250. The van der Waals surface area contributed by atoms with E-state index in [9.17, 15) is 0 Å². The van der Waals surface area contributed by atoms with Crippen molar-refractivity contribution < 1.29 is 0 Å². The van der Waals surface area contributed by atoms with E-state index in [0.717, 1.165) is 12.8 Å². The minimum absolute atomic E-state index is 0.270. The molecule has 1 heterocycles. The van der Waals surface area contributed by atoms with Gasteiger partial charge in [0.25, 0.3) is 0 Å². The van der Waals surface area contributed by atoms with Gasteiger partial charge in [0.05, 0.1) is 5.69 Å². The highest BCUT2D eigenvalue weighted by atomic mass is 15.2. The average molecular weight is 167 g/mol. The fraction of sp³-hybridized carbons (Fsp3) is 0.667. The maximum atomic E-state index is 5.66. The standard InChI is InChI=1S/C9H17N3/c1-7-6-12(3)11-9(7)5-4-8(2)10/h6,8H,4-5,10H2,1-3H3. The third-order valence-electron chi connectivity index (χ3n) is 1.95. The van der Waals surface area contributed by atoms with Crippen molar-refractivity contribution in [3.8, 4) is 0 Å². The van der Waals surface area contributed by atoms with E-state index in [1.54, 1.807) is 0 Å². The van der Waals surface area contributed by atoms with Crippen LogP contribution in [0.3, 0.4) is 0 Å². The van der Waals surface area contributed by atoms with Crippen LogP contribution < -0.4 is 5.73 Å². The van der Waals surface area contributed by atoms with Gasteiger partial charge in [-0.3, -0.25) is 4.68 Å². The summed E-state index contributed by atoms with van der Waals surface area (Å²) < 4.78 is 1.85. The number of nitrogens with zero attached hydrogens (tertiary/aromatic N) is 2. The zero-order valence-corrected chi connectivity index (χ0v) is 8.04. The molecule has 0 saturated carbocycles. The SMILES string of the molecule is Cc1cn(C)nc1CCC(C)N. The van der Waals surface area contributed by atoms with Crippen molar-refractivity contribution in [3.63, 3.8) is 0 Å². The van der Waals surface area contributed by atoms with Crippen molar-refractivity contribution in [1.82, 2.24) is 9.78 Å². The van der Waals surface area contributed by atoms with E-state index in [0.29, 0.717) is 0 Å². The van der Waals surface area contributed by atoms with Crippen LogP contribution in [-0.4, -0.2) is 15.8 Å². The van der Waals surface area contributed by atoms with Gasteiger partial charge in [-0.1, -0.05) is 0 Å². The van der Waals surface area contributed by atoms with E-state index < -0.39 is 0 Å². The summed E-state index contributed by atoms with van der Waals surface area (Å²) in [5.41, 5.74) is 8.10. The molecule has 0 fully saturated rings. The second-order valence-corrected chi connectivity index (χ2v) is 3.45. The lowest BCUT2D eigenvalue weighted by atomic mass is 10.1. The summed E-state index contributed by atoms with van der Waals surface area (Å²) in [5, 5.41) is 4.34. The van der Waals surface area contributed by atoms with Crippen LogP contribution in [-0.2, 0) is 13.5 Å². The van der Waals surface area contributed by atoms with Crippen molar-refractivity contribution >= 4 is 0 Å². The van der Waals surface area contributed by atoms with Crippen LogP contribution in [0, 0.1) is 6.92 Å². The van der Waals surface area contributed by atoms with Crippen molar-refractivity contribution in [2.75, 3.05) is 0 Å². The molecule has 0 aliphatic heterocycles. The van der Waals surface area contributed by atoms with E-state index in [1.165, 1.54) is 11.3 Å². The summed E-state index contributed by atoms with van der Waals surface area (Å²) in [7, 11) is 1.95. The molecule has 1 aromatic heterocycles. The van der Waals surface area contributed by atoms with E-state index >= 15 is 0 Å². The van der Waals surface area contributed by atoms with Gasteiger partial charge in [-0.15, -0.1) is 0 Å². The fourth-order valence-electron chi connectivity index (χ4n) is 1.26. The molecule has 0 saturated heterocycles. The minimum atomic E-state index is 0.270. The Morgan fingerprint density at radius 2 is 2.33 bits per heavy atom. The highest BCUT2D eigenvalue weighted by Crippen LogP contribution is 2.07. The third kappa shape index (κ3) is 2.34. The largest absolute Gasteiger partial charge is 0.328 e. The Hall–Kier alpha value is -0.830. The number of aromatic nitrogens is 2. The summed E-state index contributed by atoms with van der Waals surface area (Å²) >= 11 is 0. The first kappa shape index (κ1) is 9.26. The molecule has 2 N–H and O–H groups in total. The van der Waals surface area contributed by atoms with Crippen LogP contribution in [0.4, 0.5) is 0 Å². The van der Waals surface area contributed by atoms with Gasteiger partial charge in [0.15, 0.2) is 0 Å². The molecule has 0 amide bonds. The molecule has 1 rings (SSSR count). The first-order valence-electron chi connectivity index (χ1n) is 4.34. The molecule has 68 valence electrons. The molecule has 1 atom stereocenters. The van der Waals surface area contributed by atoms with Crippen LogP contribution in [0.5, 0.6) is 0 Å². The predicted octanol–water partition coefficient (Wildman–Crippen LogP) is 1.01. The number of hydrogen-bond acceptors (Lipinski definition) is 2. The Labute approximate surface area is 73.6 Å². The molecule has 1 aromatic rings. The van der Waals surface area contributed by atoms with Gasteiger partial charge in [-0.05, 0) is 32.3 Å². The number of aryl methyl sites for hydroxylation is 3. The molecule has 0 spiro atoms. The zero-order chi connectivity index (χ0) is 9.14. The lowest BCUT2D eigenvalue weighted by Gasteiger charge is -2.02. The van der Waals surface area contributed by atoms with Crippen molar-refractivity contribution in [2.45, 2.75) is 32.7 Å². The Balaban J connectivity index is 2.57. The highest BCUT2D eigenvalue weighted by Gasteiger charge is 2.03. The van der Waals surface area contributed by atoms with Gasteiger partial charge in [0.2, 0.25) is 0 Å². The number of rotatable bonds is 3. The van der Waals surface area contributed by atoms with Crippen molar-refractivity contribution in [2.24, 2.45) is 12.8 Å². The maximum Gasteiger partial charge on any atom is 0.0654 e. The van der Waals surface area contributed by atoms with Crippen LogP contribution in [0.2, 0.25) is 0 Å². The molecule has 3 nitrogen and oxygen atoms in total. The van der Waals surface area contributed by atoms with E-state index in [1.807, 2.05) is 24.9 Å². The molecular formula is C9H17N3. The monoisotopic (exact) mass is 167 g/mol. The van der Waals surface area contributed by atoms with Crippen LogP contribution in [0.1, 0.15) is 24.6 Å². The zero-order valence-electron chi connectivity index (χ0n) is 8.04. The van der Waals surface area contributed by atoms with Gasteiger partial charge >= 0.3 is 0 Å². The molecule has 1 unspecified atom stereocenters. The average Bonchev–Trinajstić information content (AvgIpc) is 2.26. The fourth-order valence-corrected chi connectivity index (χ4v) is 1.26. The molecule has 0 aliphatic rings. The second kappa shape index (κ2) is 3.72. The van der Waals surface area contributed by atoms with E-state index in [2.05, 4.69) is 12.0 Å². The molecule has 0 aromatic carbocycles. The van der Waals surface area contributed by atoms with Gasteiger partial charge in [0, 0.05) is 19.3 Å². The first-order chi connectivity index (χ1) is 5.59. The number of nitrogens with two attached hydrogens (primary N) is 1. The van der Waals surface area contributed by atoms with E-state index in [-0.39, 0.29) is 6.04 Å². The minimum Gasteiger partial charge on any atom is -0.328 e. The molecule has 3 heteroatoms. The van der Waals surface area contributed by atoms with Gasteiger partial charge in [-0.2, -0.15) is 5.10 Å². The molecule has 12 heavy (non-hydrogen) atoms. The highest BCUT2D eigenvalue weighted by molar-refractivity contribution is 5.14. The number of hydrogen-bond donors (Lipinski definition) is 1. The Morgan fingerprint density at radius 3 is 2.75 bits per heavy atom. The summed E-state index contributed by atoms with van der Waals surface area (Å²) in [5.74, 6) is 0. The van der Waals surface area contributed by atoms with Gasteiger partial charge in [0.1, 0.15) is 0 Å².